The Morgan fingerprint density at radius 1 is 1.00 bits per heavy atom. The molecule has 1 unspecified atom stereocenters. The van der Waals surface area contributed by atoms with Crippen molar-refractivity contribution in [3.05, 3.63) is 84.4 Å². The SMILES string of the molecule is CCN1c2ccccc2SC1C=c1c(=O)c(=Cc2sc3ccccc3[n+]2CC)c1=O. The van der Waals surface area contributed by atoms with Gasteiger partial charge >= 0.3 is 0 Å². The summed E-state index contributed by atoms with van der Waals surface area (Å²) >= 11 is 3.30. The van der Waals surface area contributed by atoms with Gasteiger partial charge in [-0.05, 0) is 38.1 Å². The molecule has 4 nitrogen and oxygen atoms in total. The molecule has 4 aromatic rings. The lowest BCUT2D eigenvalue weighted by Crippen LogP contribution is -2.65. The fourth-order valence-electron chi connectivity index (χ4n) is 4.07. The third-order valence-electron chi connectivity index (χ3n) is 5.58. The maximum atomic E-state index is 12.9. The van der Waals surface area contributed by atoms with Crippen molar-refractivity contribution in [1.82, 2.24) is 0 Å². The lowest BCUT2D eigenvalue weighted by molar-refractivity contribution is -0.665. The van der Waals surface area contributed by atoms with Gasteiger partial charge in [-0.2, -0.15) is 4.57 Å². The second-order valence-electron chi connectivity index (χ2n) is 7.21. The van der Waals surface area contributed by atoms with Crippen molar-refractivity contribution in [1.29, 1.82) is 0 Å². The minimum atomic E-state index is -0.146. The van der Waals surface area contributed by atoms with Gasteiger partial charge in [-0.3, -0.25) is 9.59 Å². The van der Waals surface area contributed by atoms with Crippen LogP contribution in [0, 0.1) is 0 Å². The molecule has 5 rings (SSSR count). The zero-order valence-corrected chi connectivity index (χ0v) is 18.4. The van der Waals surface area contributed by atoms with Gasteiger partial charge in [0.25, 0.3) is 5.01 Å². The Labute approximate surface area is 182 Å². The van der Waals surface area contributed by atoms with Gasteiger partial charge in [-0.25, -0.2) is 0 Å². The van der Waals surface area contributed by atoms with E-state index in [4.69, 9.17) is 0 Å². The third kappa shape index (κ3) is 2.94. The van der Waals surface area contributed by atoms with Crippen molar-refractivity contribution in [2.24, 2.45) is 0 Å². The number of nitrogens with zero attached hydrogens (tertiary/aromatic N) is 2. The van der Waals surface area contributed by atoms with Gasteiger partial charge in [0.2, 0.25) is 16.4 Å². The van der Waals surface area contributed by atoms with E-state index in [0.29, 0.717) is 10.4 Å². The van der Waals surface area contributed by atoms with Crippen LogP contribution in [0.1, 0.15) is 18.9 Å². The van der Waals surface area contributed by atoms with Crippen LogP contribution in [0.25, 0.3) is 22.4 Å². The number of para-hydroxylation sites is 2. The third-order valence-corrected chi connectivity index (χ3v) is 7.92. The number of fused-ring (bicyclic) bond motifs is 2. The number of hydrogen-bond donors (Lipinski definition) is 0. The normalized spacial score (nSPS) is 15.7. The van der Waals surface area contributed by atoms with E-state index in [1.165, 1.54) is 4.90 Å². The molecule has 3 aromatic carbocycles. The fraction of sp³-hybridized carbons (Fsp3) is 0.208. The highest BCUT2D eigenvalue weighted by Crippen LogP contribution is 2.43. The second kappa shape index (κ2) is 7.52. The summed E-state index contributed by atoms with van der Waals surface area (Å²) in [5.41, 5.74) is 2.00. The number of hydrogen-bond acceptors (Lipinski definition) is 5. The Hall–Kier alpha value is -2.70. The zero-order chi connectivity index (χ0) is 20.8. The summed E-state index contributed by atoms with van der Waals surface area (Å²) in [7, 11) is 0. The number of anilines is 1. The molecule has 0 saturated carbocycles. The molecule has 1 aliphatic heterocycles. The molecule has 2 heterocycles. The minimum Gasteiger partial charge on any atom is -0.355 e. The van der Waals surface area contributed by atoms with Gasteiger partial charge < -0.3 is 4.90 Å². The summed E-state index contributed by atoms with van der Waals surface area (Å²) in [6.45, 7) is 5.78. The van der Waals surface area contributed by atoms with E-state index < -0.39 is 0 Å². The zero-order valence-electron chi connectivity index (χ0n) is 16.8. The van der Waals surface area contributed by atoms with Crippen LogP contribution in [-0.2, 0) is 6.54 Å². The predicted octanol–water partition coefficient (Wildman–Crippen LogP) is 2.37. The van der Waals surface area contributed by atoms with Crippen LogP contribution in [0.4, 0.5) is 5.69 Å². The highest BCUT2D eigenvalue weighted by Gasteiger charge is 2.28. The number of thioether (sulfide) groups is 1. The summed E-state index contributed by atoms with van der Waals surface area (Å²) in [5, 5.41) is 1.52. The smallest absolute Gasteiger partial charge is 0.263 e. The van der Waals surface area contributed by atoms with Gasteiger partial charge in [0.15, 0.2) is 0 Å². The molecular formula is C24H21N2O2S2+. The van der Waals surface area contributed by atoms with Crippen LogP contribution in [-0.4, -0.2) is 11.9 Å². The fourth-order valence-corrected chi connectivity index (χ4v) is 6.55. The van der Waals surface area contributed by atoms with Crippen LogP contribution in [0.2, 0.25) is 0 Å². The molecule has 0 N–H and O–H groups in total. The van der Waals surface area contributed by atoms with Crippen molar-refractivity contribution in [3.8, 4) is 0 Å². The lowest BCUT2D eigenvalue weighted by Gasteiger charge is -2.22. The molecule has 1 aromatic heterocycles. The molecule has 1 atom stereocenters. The predicted molar refractivity (Wildman–Crippen MR) is 125 cm³/mol. The molecule has 150 valence electrons. The highest BCUT2D eigenvalue weighted by molar-refractivity contribution is 8.00. The first-order valence-corrected chi connectivity index (χ1v) is 11.8. The highest BCUT2D eigenvalue weighted by atomic mass is 32.2. The Morgan fingerprint density at radius 3 is 2.50 bits per heavy atom. The number of thiazole rings is 1. The number of aryl methyl sites for hydroxylation is 1. The molecule has 6 heteroatoms. The van der Waals surface area contributed by atoms with Gasteiger partial charge in [-0.1, -0.05) is 47.4 Å². The first-order chi connectivity index (χ1) is 14.6. The number of aromatic nitrogens is 1. The molecule has 0 saturated heterocycles. The molecule has 0 aliphatic carbocycles. The summed E-state index contributed by atoms with van der Waals surface area (Å²) in [4.78, 5) is 29.1. The average molecular weight is 434 g/mol. The van der Waals surface area contributed by atoms with E-state index in [1.54, 1.807) is 29.2 Å². The molecule has 0 fully saturated rings. The van der Waals surface area contributed by atoms with E-state index in [9.17, 15) is 9.59 Å². The van der Waals surface area contributed by atoms with Crippen molar-refractivity contribution in [3.63, 3.8) is 0 Å². The molecule has 1 aliphatic rings. The Balaban J connectivity index is 1.57. The molecule has 0 bridgehead atoms. The van der Waals surface area contributed by atoms with Gasteiger partial charge in [0.05, 0.1) is 21.5 Å². The van der Waals surface area contributed by atoms with E-state index >= 15 is 0 Å². The molecule has 0 spiro atoms. The first-order valence-electron chi connectivity index (χ1n) is 10.1. The van der Waals surface area contributed by atoms with Gasteiger partial charge in [0, 0.05) is 23.6 Å². The summed E-state index contributed by atoms with van der Waals surface area (Å²) in [6, 6.07) is 16.4. The van der Waals surface area contributed by atoms with Crippen LogP contribution in [0.3, 0.4) is 0 Å². The Bertz CT molecular complexity index is 1430. The Kier molecular flexibility index (Phi) is 4.83. The first kappa shape index (κ1) is 19.3. The number of benzene rings is 2. The monoisotopic (exact) mass is 433 g/mol. The van der Waals surface area contributed by atoms with Gasteiger partial charge in [0.1, 0.15) is 11.2 Å². The van der Waals surface area contributed by atoms with Crippen LogP contribution in [0.5, 0.6) is 0 Å². The maximum Gasteiger partial charge on any atom is 0.263 e. The number of rotatable bonds is 4. The van der Waals surface area contributed by atoms with E-state index in [0.717, 1.165) is 34.0 Å². The van der Waals surface area contributed by atoms with E-state index in [2.05, 4.69) is 47.6 Å². The Morgan fingerprint density at radius 2 is 1.73 bits per heavy atom. The maximum absolute atomic E-state index is 12.9. The van der Waals surface area contributed by atoms with Crippen molar-refractivity contribution < 1.29 is 4.57 Å². The van der Waals surface area contributed by atoms with E-state index in [-0.39, 0.29) is 16.2 Å². The van der Waals surface area contributed by atoms with Crippen LogP contribution < -0.4 is 30.8 Å². The summed E-state index contributed by atoms with van der Waals surface area (Å²) in [5.74, 6) is 0. The topological polar surface area (TPSA) is 41.3 Å². The largest absolute Gasteiger partial charge is 0.355 e. The van der Waals surface area contributed by atoms with Gasteiger partial charge in [-0.15, -0.1) is 0 Å². The lowest BCUT2D eigenvalue weighted by atomic mass is 10.1. The minimum absolute atomic E-state index is 0.0262. The van der Waals surface area contributed by atoms with E-state index in [1.807, 2.05) is 30.3 Å². The molecule has 0 amide bonds. The quantitative estimate of drug-likeness (QED) is 0.464. The molecule has 0 radical (unpaired) electrons. The second-order valence-corrected chi connectivity index (χ2v) is 9.43. The summed E-state index contributed by atoms with van der Waals surface area (Å²) in [6.07, 6.45) is 3.61. The van der Waals surface area contributed by atoms with Crippen molar-refractivity contribution >= 4 is 51.2 Å². The van der Waals surface area contributed by atoms with Crippen molar-refractivity contribution in [2.45, 2.75) is 30.7 Å². The molecule has 30 heavy (non-hydrogen) atoms. The van der Waals surface area contributed by atoms with Crippen LogP contribution >= 0.6 is 23.1 Å². The average Bonchev–Trinajstić information content (AvgIpc) is 3.32. The summed E-state index contributed by atoms with van der Waals surface area (Å²) < 4.78 is 3.30. The molecular weight excluding hydrogens is 412 g/mol. The van der Waals surface area contributed by atoms with Crippen molar-refractivity contribution in [2.75, 3.05) is 11.4 Å². The standard InChI is InChI=1S/C24H21N2O2S2/c1-3-25-17-9-5-7-11-19(17)29-21(25)13-15-23(27)16(24(15)28)14-22-26(4-2)18-10-6-8-12-20(18)30-22/h5-14,21H,3-4H2,1-2H3/q+1. The van der Waals surface area contributed by atoms with Crippen LogP contribution in [0.15, 0.2) is 63.0 Å².